The van der Waals surface area contributed by atoms with Gasteiger partial charge in [-0.2, -0.15) is 0 Å². The van der Waals surface area contributed by atoms with E-state index >= 15 is 0 Å². The molecule has 3 N–H and O–H groups in total. The van der Waals surface area contributed by atoms with E-state index in [0.29, 0.717) is 28.0 Å². The first-order chi connectivity index (χ1) is 15.0. The zero-order chi connectivity index (χ0) is 22.2. The number of aliphatic hydroxyl groups excluding tert-OH is 1. The maximum Gasteiger partial charge on any atom is 0.240 e. The fourth-order valence-electron chi connectivity index (χ4n) is 3.53. The van der Waals surface area contributed by atoms with E-state index in [0.717, 1.165) is 25.7 Å². The highest BCUT2D eigenvalue weighted by Crippen LogP contribution is 2.30. The molecule has 0 unspecified atom stereocenters. The van der Waals surface area contributed by atoms with Gasteiger partial charge in [0.05, 0.1) is 38.5 Å². The molecule has 1 fully saturated rings. The van der Waals surface area contributed by atoms with Crippen molar-refractivity contribution in [2.24, 2.45) is 0 Å². The van der Waals surface area contributed by atoms with Crippen molar-refractivity contribution in [2.75, 3.05) is 25.3 Å². The Labute approximate surface area is 185 Å². The highest BCUT2D eigenvalue weighted by atomic mass is 32.2. The second-order valence-electron chi connectivity index (χ2n) is 7.23. The van der Waals surface area contributed by atoms with Gasteiger partial charge in [0.15, 0.2) is 16.7 Å². The number of benzene rings is 1. The Morgan fingerprint density at radius 1 is 1.19 bits per heavy atom. The first-order valence-corrected chi connectivity index (χ1v) is 11.1. The Morgan fingerprint density at radius 3 is 2.61 bits per heavy atom. The zero-order valence-electron chi connectivity index (χ0n) is 17.7. The number of methoxy groups -OCH3 is 2. The minimum Gasteiger partial charge on any atom is -0.493 e. The third kappa shape index (κ3) is 6.14. The molecule has 0 aliphatic heterocycles. The number of carbonyl (C=O) groups excluding carboxylic acids is 2. The van der Waals surface area contributed by atoms with E-state index < -0.39 is 0 Å². The van der Waals surface area contributed by atoms with Crippen LogP contribution in [-0.2, 0) is 22.7 Å². The number of nitrogens with one attached hydrogen (secondary N) is 2. The fourth-order valence-corrected chi connectivity index (χ4v) is 4.33. The molecule has 1 heterocycles. The summed E-state index contributed by atoms with van der Waals surface area (Å²) in [4.78, 5) is 29.1. The van der Waals surface area contributed by atoms with Gasteiger partial charge < -0.3 is 29.8 Å². The molecule has 168 valence electrons. The van der Waals surface area contributed by atoms with E-state index in [9.17, 15) is 14.7 Å². The lowest BCUT2D eigenvalue weighted by Crippen LogP contribution is -2.35. The maximum atomic E-state index is 12.4. The van der Waals surface area contributed by atoms with Crippen LogP contribution in [0.15, 0.2) is 29.6 Å². The quantitative estimate of drug-likeness (QED) is 0.477. The summed E-state index contributed by atoms with van der Waals surface area (Å²) in [6, 6.07) is 5.34. The number of thioether (sulfide) groups is 1. The summed E-state index contributed by atoms with van der Waals surface area (Å²) in [5, 5.41) is 15.9. The number of aromatic nitrogens is 2. The number of hydrogen-bond acceptors (Lipinski definition) is 7. The number of aliphatic hydroxyl groups is 1. The van der Waals surface area contributed by atoms with E-state index in [2.05, 4.69) is 15.6 Å². The Bertz CT molecular complexity index is 911. The number of carbonyl (C=O) groups is 2. The smallest absolute Gasteiger partial charge is 0.240 e. The van der Waals surface area contributed by atoms with Crippen molar-refractivity contribution in [3.8, 4) is 11.5 Å². The molecule has 2 aromatic rings. The topological polar surface area (TPSA) is 115 Å². The molecule has 1 aromatic carbocycles. The summed E-state index contributed by atoms with van der Waals surface area (Å²) in [6.45, 7) is -0.172. The molecule has 31 heavy (non-hydrogen) atoms. The number of rotatable bonds is 10. The maximum absolute atomic E-state index is 12.4. The number of imidazole rings is 1. The van der Waals surface area contributed by atoms with Crippen molar-refractivity contribution in [1.82, 2.24) is 14.9 Å². The van der Waals surface area contributed by atoms with E-state index in [4.69, 9.17) is 9.47 Å². The Hall–Kier alpha value is -2.72. The van der Waals surface area contributed by atoms with Crippen molar-refractivity contribution in [2.45, 2.75) is 50.0 Å². The normalized spacial score (nSPS) is 13.8. The SMILES string of the molecule is COc1ccc(NC(=O)CSc2ncc(CO)n2CC(=O)NC2CCCC2)cc1OC. The molecule has 1 aliphatic rings. The largest absolute Gasteiger partial charge is 0.493 e. The van der Waals surface area contributed by atoms with E-state index in [1.54, 1.807) is 29.9 Å². The van der Waals surface area contributed by atoms with Crippen LogP contribution in [0.3, 0.4) is 0 Å². The van der Waals surface area contributed by atoms with Crippen LogP contribution in [0.5, 0.6) is 11.5 Å². The minimum absolute atomic E-state index is 0.0615. The zero-order valence-corrected chi connectivity index (χ0v) is 18.5. The molecule has 0 atom stereocenters. The number of ether oxygens (including phenoxy) is 2. The number of nitrogens with zero attached hydrogens (tertiary/aromatic N) is 2. The van der Waals surface area contributed by atoms with E-state index in [1.165, 1.54) is 25.1 Å². The van der Waals surface area contributed by atoms with Crippen molar-refractivity contribution < 1.29 is 24.2 Å². The van der Waals surface area contributed by atoms with Gasteiger partial charge in [0.1, 0.15) is 6.54 Å². The third-order valence-corrected chi connectivity index (χ3v) is 6.08. The van der Waals surface area contributed by atoms with Gasteiger partial charge in [0.2, 0.25) is 11.8 Å². The standard InChI is InChI=1S/C21H28N4O5S/c1-29-17-8-7-15(9-18(17)30-2)24-20(28)13-31-21-22-10-16(12-26)25(21)11-19(27)23-14-5-3-4-6-14/h7-10,14,26H,3-6,11-13H2,1-2H3,(H,23,27)(H,24,28). The molecule has 0 radical (unpaired) electrons. The molecular formula is C21H28N4O5S. The van der Waals surface area contributed by atoms with Crippen LogP contribution in [0.2, 0.25) is 0 Å². The molecule has 9 nitrogen and oxygen atoms in total. The van der Waals surface area contributed by atoms with E-state index in [1.807, 2.05) is 0 Å². The second kappa shape index (κ2) is 11.1. The number of anilines is 1. The van der Waals surface area contributed by atoms with Crippen LogP contribution in [0.25, 0.3) is 0 Å². The van der Waals surface area contributed by atoms with Gasteiger partial charge in [-0.25, -0.2) is 4.98 Å². The Kier molecular flexibility index (Phi) is 8.19. The molecular weight excluding hydrogens is 420 g/mol. The third-order valence-electron chi connectivity index (χ3n) is 5.09. The number of amides is 2. The van der Waals surface area contributed by atoms with Crippen LogP contribution < -0.4 is 20.1 Å². The van der Waals surface area contributed by atoms with Crippen molar-refractivity contribution in [3.05, 3.63) is 30.1 Å². The first-order valence-electron chi connectivity index (χ1n) is 10.1. The Morgan fingerprint density at radius 2 is 1.94 bits per heavy atom. The van der Waals surface area contributed by atoms with Crippen molar-refractivity contribution in [3.63, 3.8) is 0 Å². The lowest BCUT2D eigenvalue weighted by Gasteiger charge is -2.14. The van der Waals surface area contributed by atoms with Gasteiger partial charge in [0, 0.05) is 17.8 Å². The van der Waals surface area contributed by atoms with Gasteiger partial charge in [-0.3, -0.25) is 9.59 Å². The van der Waals surface area contributed by atoms with Gasteiger partial charge >= 0.3 is 0 Å². The average molecular weight is 449 g/mol. The van der Waals surface area contributed by atoms with Gasteiger partial charge in [-0.1, -0.05) is 24.6 Å². The molecule has 1 aromatic heterocycles. The molecule has 2 amide bonds. The highest BCUT2D eigenvalue weighted by Gasteiger charge is 2.20. The molecule has 1 saturated carbocycles. The highest BCUT2D eigenvalue weighted by molar-refractivity contribution is 7.99. The van der Waals surface area contributed by atoms with Crippen LogP contribution in [0.1, 0.15) is 31.4 Å². The molecule has 3 rings (SSSR count). The van der Waals surface area contributed by atoms with Crippen LogP contribution in [0, 0.1) is 0 Å². The molecule has 0 bridgehead atoms. The number of hydrogen-bond donors (Lipinski definition) is 3. The Balaban J connectivity index is 1.59. The van der Waals surface area contributed by atoms with E-state index in [-0.39, 0.29) is 36.8 Å². The summed E-state index contributed by atoms with van der Waals surface area (Å²) in [6.07, 6.45) is 5.79. The van der Waals surface area contributed by atoms with Crippen LogP contribution in [0.4, 0.5) is 5.69 Å². The average Bonchev–Trinajstić information content (AvgIpc) is 3.41. The lowest BCUT2D eigenvalue weighted by molar-refractivity contribution is -0.122. The molecule has 0 saturated heterocycles. The van der Waals surface area contributed by atoms with Gasteiger partial charge in [-0.05, 0) is 25.0 Å². The fraction of sp³-hybridized carbons (Fsp3) is 0.476. The molecule has 10 heteroatoms. The van der Waals surface area contributed by atoms with Crippen LogP contribution in [-0.4, -0.2) is 52.5 Å². The molecule has 1 aliphatic carbocycles. The summed E-state index contributed by atoms with van der Waals surface area (Å²) < 4.78 is 12.1. The lowest BCUT2D eigenvalue weighted by atomic mass is 10.2. The minimum atomic E-state index is -0.234. The summed E-state index contributed by atoms with van der Waals surface area (Å²) in [5.74, 6) is 0.845. The van der Waals surface area contributed by atoms with Gasteiger partial charge in [-0.15, -0.1) is 0 Å². The van der Waals surface area contributed by atoms with Crippen LogP contribution >= 0.6 is 11.8 Å². The van der Waals surface area contributed by atoms with Gasteiger partial charge in [0.25, 0.3) is 0 Å². The summed E-state index contributed by atoms with van der Waals surface area (Å²) >= 11 is 1.21. The summed E-state index contributed by atoms with van der Waals surface area (Å²) in [7, 11) is 3.07. The predicted octanol–water partition coefficient (Wildman–Crippen LogP) is 2.18. The first kappa shape index (κ1) is 23.0. The monoisotopic (exact) mass is 448 g/mol. The predicted molar refractivity (Wildman–Crippen MR) is 117 cm³/mol. The molecule has 0 spiro atoms. The second-order valence-corrected chi connectivity index (χ2v) is 8.17. The van der Waals surface area contributed by atoms with Crippen molar-refractivity contribution >= 4 is 29.3 Å². The van der Waals surface area contributed by atoms with Crippen molar-refractivity contribution in [1.29, 1.82) is 0 Å². The summed E-state index contributed by atoms with van der Waals surface area (Å²) in [5.41, 5.74) is 1.11.